The highest BCUT2D eigenvalue weighted by Gasteiger charge is 2.47. The van der Waals surface area contributed by atoms with Gasteiger partial charge in [0, 0.05) is 31.2 Å². The summed E-state index contributed by atoms with van der Waals surface area (Å²) in [6, 6.07) is 20.1. The minimum absolute atomic E-state index is 0.310. The minimum Gasteiger partial charge on any atom is -0.334 e. The monoisotopic (exact) mass is 516 g/mol. The van der Waals surface area contributed by atoms with Gasteiger partial charge in [0.15, 0.2) is 6.04 Å². The van der Waals surface area contributed by atoms with Crippen molar-refractivity contribution in [1.29, 1.82) is 0 Å². The van der Waals surface area contributed by atoms with Gasteiger partial charge in [-0.1, -0.05) is 51.3 Å². The summed E-state index contributed by atoms with van der Waals surface area (Å²) in [6.45, 7) is 0. The van der Waals surface area contributed by atoms with Crippen molar-refractivity contribution in [3.63, 3.8) is 0 Å². The molecule has 0 aliphatic carbocycles. The number of amides is 2. The molecule has 1 aliphatic rings. The Kier molecular flexibility index (Phi) is 6.41. The van der Waals surface area contributed by atoms with Crippen LogP contribution in [0.25, 0.3) is 0 Å². The van der Waals surface area contributed by atoms with Gasteiger partial charge in [0.05, 0.1) is 0 Å². The van der Waals surface area contributed by atoms with Gasteiger partial charge in [-0.15, -0.1) is 10.1 Å². The number of nitrogens with zero attached hydrogens (tertiary/aromatic N) is 1. The molecule has 0 unspecified atom stereocenters. The second-order valence-corrected chi connectivity index (χ2v) is 8.81. The van der Waals surface area contributed by atoms with Crippen molar-refractivity contribution in [2.24, 2.45) is 0 Å². The van der Waals surface area contributed by atoms with Gasteiger partial charge in [-0.25, -0.2) is 0 Å². The van der Waals surface area contributed by atoms with E-state index in [1.54, 1.807) is 41.1 Å². The van der Waals surface area contributed by atoms with Crippen molar-refractivity contribution < 1.29 is 14.3 Å². The van der Waals surface area contributed by atoms with Gasteiger partial charge in [-0.2, -0.15) is 0 Å². The van der Waals surface area contributed by atoms with Crippen molar-refractivity contribution in [2.75, 3.05) is 0 Å². The predicted molar refractivity (Wildman–Crippen MR) is 125 cm³/mol. The normalized spacial score (nSPS) is 19.3. The second kappa shape index (κ2) is 9.22. The smallest absolute Gasteiger partial charge is 0.304 e. The van der Waals surface area contributed by atoms with E-state index in [0.29, 0.717) is 15.6 Å². The van der Waals surface area contributed by atoms with Crippen LogP contribution < -0.4 is 10.7 Å². The van der Waals surface area contributed by atoms with E-state index in [-0.39, 0.29) is 11.8 Å². The molecule has 3 aromatic carbocycles. The zero-order chi connectivity index (χ0) is 22.0. The second-order valence-electron chi connectivity index (χ2n) is 7.02. The van der Waals surface area contributed by atoms with Gasteiger partial charge in [-0.3, -0.25) is 9.59 Å². The predicted octanol–water partition coefficient (Wildman–Crippen LogP) is 4.77. The molecular formula is C23H17BrCl2N3O2+. The molecule has 156 valence electrons. The third-order valence-electron chi connectivity index (χ3n) is 4.90. The van der Waals surface area contributed by atoms with Gasteiger partial charge in [0.25, 0.3) is 5.91 Å². The summed E-state index contributed by atoms with van der Waals surface area (Å²) < 4.78 is 2.67. The average molecular weight is 518 g/mol. The van der Waals surface area contributed by atoms with Gasteiger partial charge in [-0.05, 0) is 60.7 Å². The summed E-state index contributed by atoms with van der Waals surface area (Å²) in [5.41, 5.74) is 5.00. The number of hydrazone groups is 1. The Labute approximate surface area is 197 Å². The van der Waals surface area contributed by atoms with Gasteiger partial charge in [0.1, 0.15) is 0 Å². The van der Waals surface area contributed by atoms with Crippen LogP contribution in [0.1, 0.15) is 27.5 Å². The van der Waals surface area contributed by atoms with Crippen LogP contribution in [0.4, 0.5) is 0 Å². The number of rotatable bonds is 4. The first-order valence-corrected chi connectivity index (χ1v) is 11.0. The molecule has 0 radical (unpaired) electrons. The summed E-state index contributed by atoms with van der Waals surface area (Å²) in [5.74, 6) is -0.670. The molecule has 0 saturated carbocycles. The summed E-state index contributed by atoms with van der Waals surface area (Å²) in [6.07, 6.45) is 1.83. The lowest BCUT2D eigenvalue weighted by atomic mass is 10.00. The number of carbonyl (C=O) groups is 2. The number of halogens is 3. The highest BCUT2D eigenvalue weighted by Crippen LogP contribution is 2.27. The van der Waals surface area contributed by atoms with Crippen LogP contribution in [0.5, 0.6) is 0 Å². The van der Waals surface area contributed by atoms with Crippen LogP contribution in [-0.4, -0.2) is 28.8 Å². The van der Waals surface area contributed by atoms with Crippen molar-refractivity contribution in [1.82, 2.24) is 10.7 Å². The van der Waals surface area contributed by atoms with E-state index in [9.17, 15) is 9.59 Å². The maximum absolute atomic E-state index is 12.9. The first-order chi connectivity index (χ1) is 14.9. The summed E-state index contributed by atoms with van der Waals surface area (Å²) in [7, 11) is 0. The Bertz CT molecular complexity index is 1150. The van der Waals surface area contributed by atoms with Crippen molar-refractivity contribution in [3.8, 4) is 0 Å². The number of nitrogens with one attached hydrogen (secondary N) is 2. The lowest BCUT2D eigenvalue weighted by molar-refractivity contribution is -0.596. The fourth-order valence-electron chi connectivity index (χ4n) is 3.38. The van der Waals surface area contributed by atoms with E-state index in [1.165, 1.54) is 0 Å². The quantitative estimate of drug-likeness (QED) is 0.489. The number of carbonyl (C=O) groups excluding carboxylic acids is 2. The Morgan fingerprint density at radius 1 is 0.935 bits per heavy atom. The highest BCUT2D eigenvalue weighted by atomic mass is 79.9. The molecule has 0 bridgehead atoms. The fourth-order valence-corrected chi connectivity index (χ4v) is 3.89. The molecule has 0 spiro atoms. The minimum atomic E-state index is -0.809. The SMILES string of the molecule is O=C(N[C@@H]1C(=O)N/[N+](=C\c2ccc(Br)cc2)[C@H]1c1ccc(Cl)cc1)c1ccc(Cl)cc1. The van der Waals surface area contributed by atoms with E-state index < -0.39 is 12.1 Å². The fraction of sp³-hybridized carbons (Fsp3) is 0.0870. The number of hydrazine groups is 1. The van der Waals surface area contributed by atoms with E-state index >= 15 is 0 Å². The maximum atomic E-state index is 12.9. The lowest BCUT2D eigenvalue weighted by Crippen LogP contribution is -2.42. The van der Waals surface area contributed by atoms with Crippen LogP contribution in [0.3, 0.4) is 0 Å². The van der Waals surface area contributed by atoms with Crippen LogP contribution >= 0.6 is 39.1 Å². The molecule has 2 amide bonds. The molecule has 2 atom stereocenters. The summed E-state index contributed by atoms with van der Waals surface area (Å²) in [4.78, 5) is 25.7. The zero-order valence-electron chi connectivity index (χ0n) is 16.1. The third-order valence-corrected chi connectivity index (χ3v) is 5.93. The van der Waals surface area contributed by atoms with Gasteiger partial charge in [0.2, 0.25) is 12.3 Å². The van der Waals surface area contributed by atoms with Crippen LogP contribution in [-0.2, 0) is 4.79 Å². The van der Waals surface area contributed by atoms with Crippen molar-refractivity contribution >= 4 is 57.2 Å². The highest BCUT2D eigenvalue weighted by molar-refractivity contribution is 9.10. The third kappa shape index (κ3) is 4.98. The first-order valence-electron chi connectivity index (χ1n) is 9.42. The zero-order valence-corrected chi connectivity index (χ0v) is 19.2. The lowest BCUT2D eigenvalue weighted by Gasteiger charge is -2.15. The Balaban J connectivity index is 1.69. The largest absolute Gasteiger partial charge is 0.334 e. The van der Waals surface area contributed by atoms with Crippen molar-refractivity contribution in [2.45, 2.75) is 12.1 Å². The van der Waals surface area contributed by atoms with Crippen LogP contribution in [0.15, 0.2) is 77.3 Å². The van der Waals surface area contributed by atoms with E-state index in [0.717, 1.165) is 15.6 Å². The van der Waals surface area contributed by atoms with Gasteiger partial charge < -0.3 is 5.32 Å². The number of hydrogen-bond donors (Lipinski definition) is 2. The Morgan fingerprint density at radius 2 is 1.52 bits per heavy atom. The van der Waals surface area contributed by atoms with Crippen LogP contribution in [0, 0.1) is 0 Å². The van der Waals surface area contributed by atoms with E-state index in [2.05, 4.69) is 26.7 Å². The molecule has 0 aromatic heterocycles. The van der Waals surface area contributed by atoms with E-state index in [1.807, 2.05) is 42.6 Å². The van der Waals surface area contributed by atoms with Crippen LogP contribution in [0.2, 0.25) is 10.0 Å². The van der Waals surface area contributed by atoms with E-state index in [4.69, 9.17) is 23.2 Å². The summed E-state index contributed by atoms with van der Waals surface area (Å²) in [5, 5.41) is 3.98. The van der Waals surface area contributed by atoms with Gasteiger partial charge >= 0.3 is 5.91 Å². The Hall–Kier alpha value is -2.67. The van der Waals surface area contributed by atoms with Crippen molar-refractivity contribution in [3.05, 3.63) is 104 Å². The molecule has 1 heterocycles. The molecule has 5 nitrogen and oxygen atoms in total. The molecule has 1 fully saturated rings. The topological polar surface area (TPSA) is 61.2 Å². The summed E-state index contributed by atoms with van der Waals surface area (Å²) >= 11 is 15.4. The average Bonchev–Trinajstić information content (AvgIpc) is 3.05. The molecule has 2 N–H and O–H groups in total. The molecule has 4 rings (SSSR count). The number of benzene rings is 3. The molecule has 1 saturated heterocycles. The Morgan fingerprint density at radius 3 is 2.13 bits per heavy atom. The molecular weight excluding hydrogens is 501 g/mol. The molecule has 1 aliphatic heterocycles. The first kappa shape index (κ1) is 21.6. The molecule has 31 heavy (non-hydrogen) atoms. The number of hydrogen-bond acceptors (Lipinski definition) is 2. The molecule has 8 heteroatoms. The maximum Gasteiger partial charge on any atom is 0.304 e. The molecule has 3 aromatic rings. The standard InChI is InChI=1S/C23H16BrCl2N3O2/c24-17-7-1-14(2-8-17)13-29-21(15-3-9-18(25)10-4-15)20(23(31)28-29)27-22(30)16-5-11-19(26)12-6-16/h1-13,20-21H,(H-,27,28,30,31)/p+1/b29-13-/t20-,21-/m0/s1.